The van der Waals surface area contributed by atoms with Crippen LogP contribution in [0.4, 0.5) is 0 Å². The molecule has 0 fully saturated rings. The Kier molecular flexibility index (Phi) is 9.78. The summed E-state index contributed by atoms with van der Waals surface area (Å²) >= 11 is 0. The molecule has 0 spiro atoms. The number of amides is 2. The lowest BCUT2D eigenvalue weighted by molar-refractivity contribution is -0.123. The Morgan fingerprint density at radius 3 is 1.82 bits per heavy atom. The Bertz CT molecular complexity index is 944. The highest BCUT2D eigenvalue weighted by Gasteiger charge is 2.24. The molecule has 0 heterocycles. The van der Waals surface area contributed by atoms with Crippen LogP contribution in [0.5, 0.6) is 17.2 Å². The third kappa shape index (κ3) is 6.89. The molecule has 0 radical (unpaired) electrons. The lowest BCUT2D eigenvalue weighted by atomic mass is 9.93. The van der Waals surface area contributed by atoms with Gasteiger partial charge in [0.15, 0.2) is 11.5 Å². The first-order valence-electron chi connectivity index (χ1n) is 11.6. The number of hydrogen-bond acceptors (Lipinski definition) is 5. The second-order valence-electron chi connectivity index (χ2n) is 9.18. The van der Waals surface area contributed by atoms with Crippen molar-refractivity contribution in [1.82, 2.24) is 10.6 Å². The van der Waals surface area contributed by atoms with Gasteiger partial charge >= 0.3 is 0 Å². The minimum absolute atomic E-state index is 0.166. The zero-order chi connectivity index (χ0) is 25.4. The van der Waals surface area contributed by atoms with E-state index in [2.05, 4.69) is 62.6 Å². The standard InChI is InChI=1S/C27H38N2O5/c1-16(2)13-19-9-11-20(12-10-19)24(17(3)4)29-26(30)18(5)28-27(31)21-14-22(32-6)25(34-8)23(15-21)33-7/h9-12,14-18,24H,13H2,1-8H3,(H,28,31)(H,29,30)/t18-,24-/m1/s1. The van der Waals surface area contributed by atoms with Crippen LogP contribution in [0.25, 0.3) is 0 Å². The molecule has 2 amide bonds. The van der Waals surface area contributed by atoms with Crippen molar-refractivity contribution in [2.75, 3.05) is 21.3 Å². The smallest absolute Gasteiger partial charge is 0.252 e. The third-order valence-electron chi connectivity index (χ3n) is 5.62. The Morgan fingerprint density at radius 2 is 1.38 bits per heavy atom. The predicted octanol–water partition coefficient (Wildman–Crippen LogP) is 4.54. The van der Waals surface area contributed by atoms with E-state index in [1.165, 1.54) is 26.9 Å². The van der Waals surface area contributed by atoms with Gasteiger partial charge in [-0.05, 0) is 48.4 Å². The molecular weight excluding hydrogens is 432 g/mol. The van der Waals surface area contributed by atoms with Gasteiger partial charge in [-0.3, -0.25) is 9.59 Å². The van der Waals surface area contributed by atoms with E-state index in [0.29, 0.717) is 28.7 Å². The monoisotopic (exact) mass is 470 g/mol. The van der Waals surface area contributed by atoms with Crippen LogP contribution >= 0.6 is 0 Å². The summed E-state index contributed by atoms with van der Waals surface area (Å²) in [4.78, 5) is 25.8. The van der Waals surface area contributed by atoms with Gasteiger partial charge in [0.05, 0.1) is 27.4 Å². The molecule has 0 aliphatic rings. The maximum atomic E-state index is 13.0. The fourth-order valence-electron chi connectivity index (χ4n) is 3.80. The van der Waals surface area contributed by atoms with Crippen molar-refractivity contribution < 1.29 is 23.8 Å². The first kappa shape index (κ1) is 27.0. The number of rotatable bonds is 11. The molecule has 0 saturated heterocycles. The number of nitrogens with one attached hydrogen (secondary N) is 2. The summed E-state index contributed by atoms with van der Waals surface area (Å²) in [6.07, 6.45) is 1.02. The van der Waals surface area contributed by atoms with Gasteiger partial charge in [-0.25, -0.2) is 0 Å². The number of ether oxygens (including phenoxy) is 3. The SMILES string of the molecule is COc1cc(C(=O)N[C@H](C)C(=O)N[C@@H](c2ccc(CC(C)C)cc2)C(C)C)cc(OC)c1OC. The molecule has 2 aromatic rings. The minimum atomic E-state index is -0.743. The molecule has 0 unspecified atom stereocenters. The normalized spacial score (nSPS) is 12.8. The quantitative estimate of drug-likeness (QED) is 0.504. The van der Waals surface area contributed by atoms with Crippen molar-refractivity contribution in [3.8, 4) is 17.2 Å². The van der Waals surface area contributed by atoms with Crippen molar-refractivity contribution in [1.29, 1.82) is 0 Å². The number of carbonyl (C=O) groups excluding carboxylic acids is 2. The Balaban J connectivity index is 2.12. The Hall–Kier alpha value is -3.22. The molecular formula is C27H38N2O5. The highest BCUT2D eigenvalue weighted by Crippen LogP contribution is 2.38. The van der Waals surface area contributed by atoms with Crippen LogP contribution in [0.1, 0.15) is 62.1 Å². The van der Waals surface area contributed by atoms with Crippen LogP contribution in [0.3, 0.4) is 0 Å². The molecule has 7 heteroatoms. The summed E-state index contributed by atoms with van der Waals surface area (Å²) in [6, 6.07) is 10.6. The second kappa shape index (κ2) is 12.3. The molecule has 7 nitrogen and oxygen atoms in total. The van der Waals surface area contributed by atoms with E-state index in [1.807, 2.05) is 0 Å². The lowest BCUT2D eigenvalue weighted by Gasteiger charge is -2.25. The molecule has 0 saturated carbocycles. The van der Waals surface area contributed by atoms with Crippen LogP contribution in [0.15, 0.2) is 36.4 Å². The van der Waals surface area contributed by atoms with Crippen LogP contribution in [-0.4, -0.2) is 39.2 Å². The number of methoxy groups -OCH3 is 3. The lowest BCUT2D eigenvalue weighted by Crippen LogP contribution is -2.46. The Morgan fingerprint density at radius 1 is 0.824 bits per heavy atom. The molecule has 186 valence electrons. The molecule has 2 atom stereocenters. The molecule has 0 aromatic heterocycles. The first-order valence-corrected chi connectivity index (χ1v) is 11.6. The van der Waals surface area contributed by atoms with Crippen LogP contribution in [0.2, 0.25) is 0 Å². The molecule has 0 bridgehead atoms. The highest BCUT2D eigenvalue weighted by molar-refractivity contribution is 5.98. The molecule has 0 aliphatic carbocycles. The maximum absolute atomic E-state index is 13.0. The van der Waals surface area contributed by atoms with Gasteiger partial charge < -0.3 is 24.8 Å². The van der Waals surface area contributed by atoms with E-state index in [9.17, 15) is 9.59 Å². The fourth-order valence-corrected chi connectivity index (χ4v) is 3.80. The van der Waals surface area contributed by atoms with Gasteiger partial charge in [-0.2, -0.15) is 0 Å². The van der Waals surface area contributed by atoms with Gasteiger partial charge in [-0.1, -0.05) is 52.0 Å². The van der Waals surface area contributed by atoms with Gasteiger partial charge in [0, 0.05) is 5.56 Å². The molecule has 2 rings (SSSR count). The first-order chi connectivity index (χ1) is 16.1. The fraction of sp³-hybridized carbons (Fsp3) is 0.481. The average Bonchev–Trinajstić information content (AvgIpc) is 2.81. The van der Waals surface area contributed by atoms with E-state index in [-0.39, 0.29) is 17.9 Å². The van der Waals surface area contributed by atoms with Crippen LogP contribution in [0, 0.1) is 11.8 Å². The van der Waals surface area contributed by atoms with Crippen LogP contribution < -0.4 is 24.8 Å². The van der Waals surface area contributed by atoms with Gasteiger partial charge in [0.1, 0.15) is 6.04 Å². The van der Waals surface area contributed by atoms with Crippen molar-refractivity contribution in [3.05, 3.63) is 53.1 Å². The molecule has 2 aromatic carbocycles. The average molecular weight is 471 g/mol. The predicted molar refractivity (Wildman–Crippen MR) is 134 cm³/mol. The van der Waals surface area contributed by atoms with Gasteiger partial charge in [0.2, 0.25) is 11.7 Å². The van der Waals surface area contributed by atoms with Crippen molar-refractivity contribution >= 4 is 11.8 Å². The number of benzene rings is 2. The molecule has 34 heavy (non-hydrogen) atoms. The third-order valence-corrected chi connectivity index (χ3v) is 5.62. The number of carbonyl (C=O) groups is 2. The summed E-state index contributed by atoms with van der Waals surface area (Å²) < 4.78 is 15.9. The summed E-state index contributed by atoms with van der Waals surface area (Å²) in [5.74, 6) is 1.22. The number of hydrogen-bond donors (Lipinski definition) is 2. The topological polar surface area (TPSA) is 85.9 Å². The van der Waals surface area contributed by atoms with Crippen molar-refractivity contribution in [3.63, 3.8) is 0 Å². The van der Waals surface area contributed by atoms with Gasteiger partial charge in [-0.15, -0.1) is 0 Å². The zero-order valence-corrected chi connectivity index (χ0v) is 21.5. The van der Waals surface area contributed by atoms with E-state index >= 15 is 0 Å². The van der Waals surface area contributed by atoms with Crippen LogP contribution in [-0.2, 0) is 11.2 Å². The van der Waals surface area contributed by atoms with Gasteiger partial charge in [0.25, 0.3) is 5.91 Å². The van der Waals surface area contributed by atoms with E-state index in [4.69, 9.17) is 14.2 Å². The molecule has 0 aliphatic heterocycles. The molecule has 2 N–H and O–H groups in total. The van der Waals surface area contributed by atoms with Crippen molar-refractivity contribution in [2.24, 2.45) is 11.8 Å². The van der Waals surface area contributed by atoms with E-state index < -0.39 is 11.9 Å². The van der Waals surface area contributed by atoms with E-state index in [1.54, 1.807) is 19.1 Å². The summed E-state index contributed by atoms with van der Waals surface area (Å²) in [5.41, 5.74) is 2.62. The summed E-state index contributed by atoms with van der Waals surface area (Å²) in [7, 11) is 4.46. The van der Waals surface area contributed by atoms with Crippen molar-refractivity contribution in [2.45, 2.75) is 53.1 Å². The maximum Gasteiger partial charge on any atom is 0.252 e. The summed E-state index contributed by atoms with van der Waals surface area (Å²) in [6.45, 7) is 10.2. The highest BCUT2D eigenvalue weighted by atomic mass is 16.5. The second-order valence-corrected chi connectivity index (χ2v) is 9.18. The summed E-state index contributed by atoms with van der Waals surface area (Å²) in [5, 5.41) is 5.85. The minimum Gasteiger partial charge on any atom is -0.493 e. The Labute approximate surface area is 203 Å². The van der Waals surface area contributed by atoms with E-state index in [0.717, 1.165) is 12.0 Å². The zero-order valence-electron chi connectivity index (χ0n) is 21.5. The largest absolute Gasteiger partial charge is 0.493 e.